The molecule has 0 bridgehead atoms. The van der Waals surface area contributed by atoms with Crippen molar-refractivity contribution in [3.8, 4) is 0 Å². The summed E-state index contributed by atoms with van der Waals surface area (Å²) in [6, 6.07) is 1.74. The third kappa shape index (κ3) is 2.83. The topological polar surface area (TPSA) is 64.2 Å². The minimum atomic E-state index is -0.0742. The van der Waals surface area contributed by atoms with Gasteiger partial charge >= 0.3 is 0 Å². The maximum Gasteiger partial charge on any atom is 0.276 e. The fourth-order valence-electron chi connectivity index (χ4n) is 3.53. The molecule has 2 aliphatic rings. The molecule has 0 spiro atoms. The van der Waals surface area contributed by atoms with Crippen molar-refractivity contribution in [2.75, 3.05) is 6.54 Å². The van der Waals surface area contributed by atoms with Gasteiger partial charge in [-0.15, -0.1) is 0 Å². The quantitative estimate of drug-likeness (QED) is 0.848. The van der Waals surface area contributed by atoms with Crippen LogP contribution in [-0.2, 0) is 7.05 Å². The summed E-state index contributed by atoms with van der Waals surface area (Å²) >= 11 is 6.35. The Kier molecular flexibility index (Phi) is 4.08. The first-order valence-corrected chi connectivity index (χ1v) is 8.98. The molecular weight excluding hydrogens is 328 g/mol. The van der Waals surface area contributed by atoms with Crippen LogP contribution >= 0.6 is 11.6 Å². The smallest absolute Gasteiger partial charge is 0.276 e. The Labute approximate surface area is 145 Å². The Hall–Kier alpha value is -1.82. The van der Waals surface area contributed by atoms with Crippen LogP contribution in [0.2, 0.25) is 5.02 Å². The van der Waals surface area contributed by atoms with Gasteiger partial charge in [-0.2, -0.15) is 5.10 Å². The number of hydrogen-bond donors (Lipinski definition) is 0. The number of aryl methyl sites for hydroxylation is 1. The van der Waals surface area contributed by atoms with Gasteiger partial charge in [0.25, 0.3) is 5.91 Å². The van der Waals surface area contributed by atoms with E-state index in [1.807, 2.05) is 18.0 Å². The van der Waals surface area contributed by atoms with E-state index in [0.717, 1.165) is 50.0 Å². The lowest BCUT2D eigenvalue weighted by atomic mass is 10.1. The van der Waals surface area contributed by atoms with Gasteiger partial charge in [0.1, 0.15) is 5.76 Å². The molecule has 0 radical (unpaired) electrons. The van der Waals surface area contributed by atoms with Crippen LogP contribution in [0.15, 0.2) is 16.8 Å². The number of carbonyl (C=O) groups excluding carboxylic acids is 1. The van der Waals surface area contributed by atoms with E-state index in [-0.39, 0.29) is 11.9 Å². The molecule has 0 unspecified atom stereocenters. The Bertz CT molecular complexity index is 730. The van der Waals surface area contributed by atoms with Crippen molar-refractivity contribution in [2.24, 2.45) is 7.05 Å². The molecule has 1 atom stereocenters. The highest BCUT2D eigenvalue weighted by molar-refractivity contribution is 6.31. The first-order valence-electron chi connectivity index (χ1n) is 8.60. The first-order chi connectivity index (χ1) is 11.6. The van der Waals surface area contributed by atoms with Gasteiger partial charge in [-0.1, -0.05) is 29.6 Å². The van der Waals surface area contributed by atoms with Crippen LogP contribution in [0.4, 0.5) is 0 Å². The molecule has 2 fully saturated rings. The van der Waals surface area contributed by atoms with Crippen molar-refractivity contribution in [1.82, 2.24) is 19.8 Å². The van der Waals surface area contributed by atoms with Crippen molar-refractivity contribution in [2.45, 2.75) is 50.5 Å². The highest BCUT2D eigenvalue weighted by Crippen LogP contribution is 2.40. The number of nitrogens with zero attached hydrogens (tertiary/aromatic N) is 4. The van der Waals surface area contributed by atoms with Crippen molar-refractivity contribution >= 4 is 17.5 Å². The van der Waals surface area contributed by atoms with Crippen LogP contribution in [0.1, 0.15) is 72.4 Å². The highest BCUT2D eigenvalue weighted by Gasteiger charge is 2.34. The number of rotatable bonds is 3. The lowest BCUT2D eigenvalue weighted by Crippen LogP contribution is -2.36. The van der Waals surface area contributed by atoms with Gasteiger partial charge in [-0.25, -0.2) is 0 Å². The summed E-state index contributed by atoms with van der Waals surface area (Å²) in [7, 11) is 1.87. The van der Waals surface area contributed by atoms with Gasteiger partial charge in [-0.05, 0) is 25.7 Å². The lowest BCUT2D eigenvalue weighted by molar-refractivity contribution is 0.0663. The summed E-state index contributed by atoms with van der Waals surface area (Å²) in [5, 5.41) is 8.87. The average molecular weight is 349 g/mol. The Morgan fingerprint density at radius 2 is 2.12 bits per heavy atom. The Morgan fingerprint density at radius 3 is 2.83 bits per heavy atom. The predicted octanol–water partition coefficient (Wildman–Crippen LogP) is 3.70. The zero-order valence-corrected chi connectivity index (χ0v) is 14.5. The molecule has 0 aromatic carbocycles. The van der Waals surface area contributed by atoms with Gasteiger partial charge in [0.2, 0.25) is 0 Å². The van der Waals surface area contributed by atoms with E-state index >= 15 is 0 Å². The maximum absolute atomic E-state index is 13.1. The van der Waals surface area contributed by atoms with E-state index in [1.54, 1.807) is 10.9 Å². The van der Waals surface area contributed by atoms with E-state index in [4.69, 9.17) is 16.1 Å². The molecule has 1 amide bonds. The van der Waals surface area contributed by atoms with Crippen LogP contribution in [0.25, 0.3) is 0 Å². The van der Waals surface area contributed by atoms with Crippen LogP contribution in [0.5, 0.6) is 0 Å². The molecule has 0 N–H and O–H groups in total. The van der Waals surface area contributed by atoms with Gasteiger partial charge in [0, 0.05) is 25.6 Å². The zero-order chi connectivity index (χ0) is 16.7. The SMILES string of the molecule is Cn1ncc(Cl)c1[C@H]1CCCCCN1C(=O)c1cc(C2CC2)on1. The molecule has 1 saturated carbocycles. The molecule has 2 aromatic rings. The highest BCUT2D eigenvalue weighted by atomic mass is 35.5. The standard InChI is InChI=1S/C17H21ClN4O2/c1-21-16(12(18)10-19-21)14-5-3-2-4-8-22(14)17(23)13-9-15(24-20-13)11-6-7-11/h9-11,14H,2-8H2,1H3/t14-/m1/s1. The summed E-state index contributed by atoms with van der Waals surface area (Å²) in [5.74, 6) is 1.21. The molecular formula is C17H21ClN4O2. The Morgan fingerprint density at radius 1 is 1.29 bits per heavy atom. The van der Waals surface area contributed by atoms with Crippen LogP contribution in [0, 0.1) is 0 Å². The fourth-order valence-corrected chi connectivity index (χ4v) is 3.82. The normalized spacial score (nSPS) is 21.8. The van der Waals surface area contributed by atoms with Gasteiger partial charge in [0.05, 0.1) is 23.0 Å². The summed E-state index contributed by atoms with van der Waals surface area (Å²) in [4.78, 5) is 15.0. The van der Waals surface area contributed by atoms with Crippen molar-refractivity contribution < 1.29 is 9.32 Å². The third-order valence-corrected chi connectivity index (χ3v) is 5.29. The predicted molar refractivity (Wildman–Crippen MR) is 88.9 cm³/mol. The second kappa shape index (κ2) is 6.24. The monoisotopic (exact) mass is 348 g/mol. The molecule has 24 heavy (non-hydrogen) atoms. The summed E-state index contributed by atoms with van der Waals surface area (Å²) in [5.41, 5.74) is 1.31. The van der Waals surface area contributed by atoms with E-state index in [0.29, 0.717) is 23.2 Å². The molecule has 1 aliphatic carbocycles. The van der Waals surface area contributed by atoms with Gasteiger partial charge in [0.15, 0.2) is 5.69 Å². The molecule has 1 aliphatic heterocycles. The van der Waals surface area contributed by atoms with Crippen LogP contribution in [-0.4, -0.2) is 32.3 Å². The maximum atomic E-state index is 13.1. The lowest BCUT2D eigenvalue weighted by Gasteiger charge is -2.29. The molecule has 3 heterocycles. The van der Waals surface area contributed by atoms with Crippen molar-refractivity contribution in [1.29, 1.82) is 0 Å². The molecule has 1 saturated heterocycles. The number of hydrogen-bond acceptors (Lipinski definition) is 4. The van der Waals surface area contributed by atoms with Gasteiger partial charge < -0.3 is 9.42 Å². The minimum Gasteiger partial charge on any atom is -0.360 e. The second-order valence-electron chi connectivity index (χ2n) is 6.75. The van der Waals surface area contributed by atoms with Gasteiger partial charge in [-0.3, -0.25) is 9.48 Å². The number of halogens is 1. The molecule has 6 nitrogen and oxygen atoms in total. The summed E-state index contributed by atoms with van der Waals surface area (Å²) in [6.07, 6.45) is 7.96. The third-order valence-electron chi connectivity index (χ3n) is 4.99. The van der Waals surface area contributed by atoms with Crippen LogP contribution in [0.3, 0.4) is 0 Å². The zero-order valence-electron chi connectivity index (χ0n) is 13.7. The largest absolute Gasteiger partial charge is 0.360 e. The first kappa shape index (κ1) is 15.7. The summed E-state index contributed by atoms with van der Waals surface area (Å²) in [6.45, 7) is 0.705. The molecule has 128 valence electrons. The number of amides is 1. The van der Waals surface area contributed by atoms with Crippen molar-refractivity contribution in [3.05, 3.63) is 34.4 Å². The number of aromatic nitrogens is 3. The van der Waals surface area contributed by atoms with E-state index in [2.05, 4.69) is 10.3 Å². The minimum absolute atomic E-state index is 0.0684. The second-order valence-corrected chi connectivity index (χ2v) is 7.16. The van der Waals surface area contributed by atoms with E-state index in [1.165, 1.54) is 0 Å². The fraction of sp³-hybridized carbons (Fsp3) is 0.588. The molecule has 2 aromatic heterocycles. The molecule has 7 heteroatoms. The number of likely N-dealkylation sites (tertiary alicyclic amines) is 1. The van der Waals surface area contributed by atoms with Crippen LogP contribution < -0.4 is 0 Å². The Balaban J connectivity index is 1.65. The molecule has 4 rings (SSSR count). The summed E-state index contributed by atoms with van der Waals surface area (Å²) < 4.78 is 7.14. The number of carbonyl (C=O) groups is 1. The van der Waals surface area contributed by atoms with Crippen molar-refractivity contribution in [3.63, 3.8) is 0 Å². The van der Waals surface area contributed by atoms with E-state index < -0.39 is 0 Å². The average Bonchev–Trinajstić information content (AvgIpc) is 3.28. The van der Waals surface area contributed by atoms with E-state index in [9.17, 15) is 4.79 Å².